The minimum atomic E-state index is -3.75. The molecule has 0 aliphatic carbocycles. The van der Waals surface area contributed by atoms with Crippen LogP contribution >= 0.6 is 26.6 Å². The smallest absolute Gasteiger partial charge is 0.236 e. The van der Waals surface area contributed by atoms with Crippen molar-refractivity contribution in [3.8, 4) is 5.75 Å². The van der Waals surface area contributed by atoms with Gasteiger partial charge in [0.2, 0.25) is 9.05 Å². The molecule has 0 saturated heterocycles. The van der Waals surface area contributed by atoms with E-state index in [1.165, 1.54) is 19.2 Å². The van der Waals surface area contributed by atoms with Crippen LogP contribution < -0.4 is 4.74 Å². The number of ether oxygens (including phenoxy) is 1. The van der Waals surface area contributed by atoms with Gasteiger partial charge in [0.05, 0.1) is 12.9 Å². The molecular weight excluding hydrogens is 311 g/mol. The molecule has 0 N–H and O–H groups in total. The van der Waals surface area contributed by atoms with E-state index in [0.717, 1.165) is 0 Å². The first-order valence-corrected chi connectivity index (χ1v) is 7.05. The Labute approximate surface area is 99.7 Å². The topological polar surface area (TPSA) is 43.4 Å². The van der Waals surface area contributed by atoms with E-state index in [2.05, 4.69) is 15.9 Å². The van der Waals surface area contributed by atoms with Crippen molar-refractivity contribution in [2.45, 2.75) is 5.75 Å². The maximum atomic E-state index is 13.2. The minimum Gasteiger partial charge on any atom is -0.493 e. The second-order valence-electron chi connectivity index (χ2n) is 2.72. The Hall–Kier alpha value is -0.330. The lowest BCUT2D eigenvalue weighted by Crippen LogP contribution is -2.01. The monoisotopic (exact) mass is 316 g/mol. The Morgan fingerprint density at radius 2 is 2.13 bits per heavy atom. The van der Waals surface area contributed by atoms with E-state index in [1.807, 2.05) is 0 Å². The van der Waals surface area contributed by atoms with Crippen LogP contribution in [0.1, 0.15) is 5.56 Å². The van der Waals surface area contributed by atoms with Gasteiger partial charge in [-0.3, -0.25) is 0 Å². The molecule has 0 radical (unpaired) electrons. The van der Waals surface area contributed by atoms with Crippen LogP contribution in [0.3, 0.4) is 0 Å². The van der Waals surface area contributed by atoms with Gasteiger partial charge in [-0.15, -0.1) is 0 Å². The van der Waals surface area contributed by atoms with Crippen LogP contribution in [0.15, 0.2) is 16.6 Å². The fourth-order valence-corrected chi connectivity index (χ4v) is 2.70. The summed E-state index contributed by atoms with van der Waals surface area (Å²) >= 11 is 3.10. The highest BCUT2D eigenvalue weighted by Gasteiger charge is 2.18. The molecule has 0 fully saturated rings. The number of halogens is 3. The third-order valence-corrected chi connectivity index (χ3v) is 3.38. The van der Waals surface area contributed by atoms with E-state index in [9.17, 15) is 12.8 Å². The summed E-state index contributed by atoms with van der Waals surface area (Å²) in [7, 11) is 2.60. The van der Waals surface area contributed by atoms with Crippen LogP contribution in [0.5, 0.6) is 5.75 Å². The highest BCUT2D eigenvalue weighted by atomic mass is 79.9. The molecule has 0 spiro atoms. The fraction of sp³-hybridized carbons (Fsp3) is 0.250. The van der Waals surface area contributed by atoms with E-state index < -0.39 is 20.6 Å². The van der Waals surface area contributed by atoms with E-state index in [1.54, 1.807) is 0 Å². The second-order valence-corrected chi connectivity index (χ2v) is 6.36. The van der Waals surface area contributed by atoms with Crippen LogP contribution in [0.25, 0.3) is 0 Å². The third-order valence-electron chi connectivity index (χ3n) is 1.68. The Morgan fingerprint density at radius 3 is 2.60 bits per heavy atom. The number of methoxy groups -OCH3 is 1. The molecule has 0 atom stereocenters. The molecule has 1 rings (SSSR count). The lowest BCUT2D eigenvalue weighted by atomic mass is 10.2. The van der Waals surface area contributed by atoms with Gasteiger partial charge in [-0.05, 0) is 12.1 Å². The molecule has 7 heteroatoms. The number of hydrogen-bond acceptors (Lipinski definition) is 3. The SMILES string of the molecule is COc1c(F)ccc(Br)c1CS(=O)(=O)Cl. The van der Waals surface area contributed by atoms with Gasteiger partial charge in [0, 0.05) is 20.7 Å². The average Bonchev–Trinajstić information content (AvgIpc) is 2.10. The van der Waals surface area contributed by atoms with Crippen molar-refractivity contribution in [3.63, 3.8) is 0 Å². The fourth-order valence-electron chi connectivity index (χ4n) is 1.10. The maximum absolute atomic E-state index is 13.2. The highest BCUT2D eigenvalue weighted by molar-refractivity contribution is 9.10. The zero-order valence-electron chi connectivity index (χ0n) is 7.63. The highest BCUT2D eigenvalue weighted by Crippen LogP contribution is 2.31. The van der Waals surface area contributed by atoms with Crippen LogP contribution in [-0.4, -0.2) is 15.5 Å². The molecule has 0 unspecified atom stereocenters. The van der Waals surface area contributed by atoms with Crippen molar-refractivity contribution >= 4 is 35.7 Å². The summed E-state index contributed by atoms with van der Waals surface area (Å²) in [4.78, 5) is 0. The van der Waals surface area contributed by atoms with Gasteiger partial charge in [0.1, 0.15) is 0 Å². The molecule has 0 aliphatic rings. The van der Waals surface area contributed by atoms with Crippen LogP contribution in [-0.2, 0) is 14.8 Å². The standard InChI is InChI=1S/C8H7BrClFO3S/c1-14-8-5(4-15(10,12)13)6(9)2-3-7(8)11/h2-3H,4H2,1H3. The van der Waals surface area contributed by atoms with Gasteiger partial charge in [0.25, 0.3) is 0 Å². The van der Waals surface area contributed by atoms with Crippen molar-refractivity contribution in [1.29, 1.82) is 0 Å². The molecule has 0 heterocycles. The average molecular weight is 318 g/mol. The molecule has 3 nitrogen and oxygen atoms in total. The summed E-state index contributed by atoms with van der Waals surface area (Å²) in [6.07, 6.45) is 0. The van der Waals surface area contributed by atoms with E-state index >= 15 is 0 Å². The first-order valence-electron chi connectivity index (χ1n) is 3.78. The normalized spacial score (nSPS) is 11.5. The predicted molar refractivity (Wildman–Crippen MR) is 59.1 cm³/mol. The molecule has 0 aliphatic heterocycles. The number of benzene rings is 1. The zero-order valence-corrected chi connectivity index (χ0v) is 10.8. The molecule has 0 bridgehead atoms. The van der Waals surface area contributed by atoms with Crippen LogP contribution in [0.4, 0.5) is 4.39 Å². The molecule has 84 valence electrons. The van der Waals surface area contributed by atoms with Crippen LogP contribution in [0, 0.1) is 5.82 Å². The first-order chi connectivity index (χ1) is 6.85. The summed E-state index contributed by atoms with van der Waals surface area (Å²) in [6.45, 7) is 0. The van der Waals surface area contributed by atoms with Crippen molar-refractivity contribution < 1.29 is 17.5 Å². The lowest BCUT2D eigenvalue weighted by molar-refractivity contribution is 0.382. The van der Waals surface area contributed by atoms with Crippen LogP contribution in [0.2, 0.25) is 0 Å². The Morgan fingerprint density at radius 1 is 1.53 bits per heavy atom. The van der Waals surface area contributed by atoms with Gasteiger partial charge >= 0.3 is 0 Å². The summed E-state index contributed by atoms with van der Waals surface area (Å²) in [6, 6.07) is 2.57. The summed E-state index contributed by atoms with van der Waals surface area (Å²) in [5.41, 5.74) is 0.174. The van der Waals surface area contributed by atoms with Crippen molar-refractivity contribution in [1.82, 2.24) is 0 Å². The minimum absolute atomic E-state index is 0.117. The Kier molecular flexibility index (Phi) is 3.97. The molecule has 0 aromatic heterocycles. The largest absolute Gasteiger partial charge is 0.493 e. The van der Waals surface area contributed by atoms with Gasteiger partial charge in [0.15, 0.2) is 11.6 Å². The first kappa shape index (κ1) is 12.7. The van der Waals surface area contributed by atoms with Crippen molar-refractivity contribution in [2.24, 2.45) is 0 Å². The summed E-state index contributed by atoms with van der Waals surface area (Å²) in [5.74, 6) is -1.24. The number of hydrogen-bond donors (Lipinski definition) is 0. The van der Waals surface area contributed by atoms with Gasteiger partial charge in [-0.1, -0.05) is 15.9 Å². The lowest BCUT2D eigenvalue weighted by Gasteiger charge is -2.09. The predicted octanol–water partition coefficient (Wildman–Crippen LogP) is 2.67. The van der Waals surface area contributed by atoms with E-state index in [0.29, 0.717) is 4.47 Å². The molecule has 1 aromatic carbocycles. The quantitative estimate of drug-likeness (QED) is 0.805. The van der Waals surface area contributed by atoms with Crippen molar-refractivity contribution in [2.75, 3.05) is 7.11 Å². The Balaban J connectivity index is 3.32. The zero-order chi connectivity index (χ0) is 11.6. The van der Waals surface area contributed by atoms with Gasteiger partial charge < -0.3 is 4.74 Å². The second kappa shape index (κ2) is 4.67. The molecule has 15 heavy (non-hydrogen) atoms. The Bertz CT molecular complexity index is 475. The molecule has 0 amide bonds. The maximum Gasteiger partial charge on any atom is 0.236 e. The van der Waals surface area contributed by atoms with Gasteiger partial charge in [-0.25, -0.2) is 12.8 Å². The van der Waals surface area contributed by atoms with E-state index in [-0.39, 0.29) is 11.3 Å². The summed E-state index contributed by atoms with van der Waals surface area (Å²) < 4.78 is 40.2. The number of rotatable bonds is 3. The molecule has 1 aromatic rings. The van der Waals surface area contributed by atoms with E-state index in [4.69, 9.17) is 15.4 Å². The van der Waals surface area contributed by atoms with Crippen molar-refractivity contribution in [3.05, 3.63) is 28.0 Å². The molecule has 0 saturated carbocycles. The molecular formula is C8H7BrClFO3S. The third kappa shape index (κ3) is 3.32. The summed E-state index contributed by atoms with van der Waals surface area (Å²) in [5, 5.41) is 0. The van der Waals surface area contributed by atoms with Gasteiger partial charge in [-0.2, -0.15) is 0 Å².